The summed E-state index contributed by atoms with van der Waals surface area (Å²) in [6, 6.07) is 14.5. The van der Waals surface area contributed by atoms with Crippen molar-refractivity contribution in [2.45, 2.75) is 32.8 Å². The van der Waals surface area contributed by atoms with E-state index in [2.05, 4.69) is 5.32 Å². The predicted molar refractivity (Wildman–Crippen MR) is 98.2 cm³/mol. The van der Waals surface area contributed by atoms with Crippen LogP contribution in [0.5, 0.6) is 5.75 Å². The molecule has 1 fully saturated rings. The highest BCUT2D eigenvalue weighted by Gasteiger charge is 2.21. The Morgan fingerprint density at radius 3 is 2.48 bits per heavy atom. The summed E-state index contributed by atoms with van der Waals surface area (Å²) in [5.41, 5.74) is 2.01. The van der Waals surface area contributed by atoms with E-state index in [1.807, 2.05) is 50.2 Å². The van der Waals surface area contributed by atoms with Crippen molar-refractivity contribution >= 4 is 23.2 Å². The smallest absolute Gasteiger partial charge is 0.255 e. The average molecular weight is 338 g/mol. The standard InChI is InChI=1S/C20H22N2O3/c1-14(2)25-18-7-4-3-6-17(18)21-20(24)15-9-11-16(12-10-15)22-13-5-8-19(22)23/h3-4,6-7,9-12,14H,5,8,13H2,1-2H3,(H,21,24). The van der Waals surface area contributed by atoms with Gasteiger partial charge < -0.3 is 15.0 Å². The van der Waals surface area contributed by atoms with E-state index in [4.69, 9.17) is 4.74 Å². The van der Waals surface area contributed by atoms with Crippen LogP contribution in [0.25, 0.3) is 0 Å². The summed E-state index contributed by atoms with van der Waals surface area (Å²) in [4.78, 5) is 26.1. The monoisotopic (exact) mass is 338 g/mol. The molecule has 0 aromatic heterocycles. The van der Waals surface area contributed by atoms with Crippen LogP contribution in [0.4, 0.5) is 11.4 Å². The number of nitrogens with one attached hydrogen (secondary N) is 1. The molecule has 3 rings (SSSR count). The molecule has 0 aliphatic carbocycles. The number of anilines is 2. The third-order valence-corrected chi connectivity index (χ3v) is 4.01. The van der Waals surface area contributed by atoms with Gasteiger partial charge in [0, 0.05) is 24.2 Å². The molecule has 1 saturated heterocycles. The Morgan fingerprint density at radius 1 is 1.12 bits per heavy atom. The lowest BCUT2D eigenvalue weighted by Gasteiger charge is -2.16. The number of hydrogen-bond acceptors (Lipinski definition) is 3. The van der Waals surface area contributed by atoms with Gasteiger partial charge in [0.2, 0.25) is 5.91 Å². The van der Waals surface area contributed by atoms with Gasteiger partial charge in [0.25, 0.3) is 5.91 Å². The third kappa shape index (κ3) is 3.99. The molecule has 0 saturated carbocycles. The van der Waals surface area contributed by atoms with E-state index >= 15 is 0 Å². The second-order valence-electron chi connectivity index (χ2n) is 6.31. The lowest BCUT2D eigenvalue weighted by molar-refractivity contribution is -0.117. The zero-order chi connectivity index (χ0) is 17.8. The largest absolute Gasteiger partial charge is 0.489 e. The quantitative estimate of drug-likeness (QED) is 0.901. The van der Waals surface area contributed by atoms with Crippen molar-refractivity contribution in [3.8, 4) is 5.75 Å². The van der Waals surface area contributed by atoms with Crippen molar-refractivity contribution in [2.75, 3.05) is 16.8 Å². The minimum Gasteiger partial charge on any atom is -0.489 e. The van der Waals surface area contributed by atoms with Crippen molar-refractivity contribution in [2.24, 2.45) is 0 Å². The Bertz CT molecular complexity index is 769. The number of nitrogens with zero attached hydrogens (tertiary/aromatic N) is 1. The molecule has 5 nitrogen and oxygen atoms in total. The summed E-state index contributed by atoms with van der Waals surface area (Å²) in [6.45, 7) is 4.62. The molecule has 0 unspecified atom stereocenters. The summed E-state index contributed by atoms with van der Waals surface area (Å²) in [5.74, 6) is 0.571. The fourth-order valence-electron chi connectivity index (χ4n) is 2.83. The molecule has 1 aliphatic heterocycles. The Balaban J connectivity index is 1.73. The minimum atomic E-state index is -0.209. The van der Waals surface area contributed by atoms with Crippen molar-refractivity contribution in [1.29, 1.82) is 0 Å². The molecular formula is C20H22N2O3. The van der Waals surface area contributed by atoms with Gasteiger partial charge in [-0.2, -0.15) is 0 Å². The van der Waals surface area contributed by atoms with Gasteiger partial charge in [-0.15, -0.1) is 0 Å². The SMILES string of the molecule is CC(C)Oc1ccccc1NC(=O)c1ccc(N2CCCC2=O)cc1. The van der Waals surface area contributed by atoms with Gasteiger partial charge in [0.05, 0.1) is 11.8 Å². The van der Waals surface area contributed by atoms with Crippen LogP contribution in [0.15, 0.2) is 48.5 Å². The zero-order valence-electron chi connectivity index (χ0n) is 14.5. The van der Waals surface area contributed by atoms with Gasteiger partial charge in [-0.3, -0.25) is 9.59 Å². The van der Waals surface area contributed by atoms with Crippen molar-refractivity contribution in [1.82, 2.24) is 0 Å². The topological polar surface area (TPSA) is 58.6 Å². The van der Waals surface area contributed by atoms with Gasteiger partial charge in [-0.25, -0.2) is 0 Å². The summed E-state index contributed by atoms with van der Waals surface area (Å²) >= 11 is 0. The minimum absolute atomic E-state index is 0.0235. The Labute approximate surface area is 147 Å². The fraction of sp³-hybridized carbons (Fsp3) is 0.300. The van der Waals surface area contributed by atoms with E-state index in [0.29, 0.717) is 23.4 Å². The number of carbonyl (C=O) groups is 2. The normalized spacial score (nSPS) is 14.0. The van der Waals surface area contributed by atoms with Crippen LogP contribution in [0.1, 0.15) is 37.0 Å². The molecule has 0 spiro atoms. The Hall–Kier alpha value is -2.82. The molecule has 0 atom stereocenters. The van der Waals surface area contributed by atoms with Gasteiger partial charge in [0.1, 0.15) is 5.75 Å². The van der Waals surface area contributed by atoms with Gasteiger partial charge in [0.15, 0.2) is 0 Å². The maximum atomic E-state index is 12.5. The van der Waals surface area contributed by atoms with Crippen LogP contribution in [-0.4, -0.2) is 24.5 Å². The van der Waals surface area contributed by atoms with E-state index in [0.717, 1.165) is 18.7 Å². The van der Waals surface area contributed by atoms with E-state index < -0.39 is 0 Å². The van der Waals surface area contributed by atoms with Crippen molar-refractivity contribution in [3.63, 3.8) is 0 Å². The number of benzene rings is 2. The predicted octanol–water partition coefficient (Wildman–Crippen LogP) is 3.85. The molecule has 2 amide bonds. The first-order chi connectivity index (χ1) is 12.0. The van der Waals surface area contributed by atoms with E-state index in [9.17, 15) is 9.59 Å². The van der Waals surface area contributed by atoms with E-state index in [1.165, 1.54) is 0 Å². The van der Waals surface area contributed by atoms with Crippen molar-refractivity contribution < 1.29 is 14.3 Å². The fourth-order valence-corrected chi connectivity index (χ4v) is 2.83. The summed E-state index contributed by atoms with van der Waals surface area (Å²) in [5, 5.41) is 2.89. The number of rotatable bonds is 5. The number of para-hydroxylation sites is 2. The highest BCUT2D eigenvalue weighted by atomic mass is 16.5. The van der Waals surface area contributed by atoms with Crippen molar-refractivity contribution in [3.05, 3.63) is 54.1 Å². The van der Waals surface area contributed by atoms with Crippen LogP contribution in [0, 0.1) is 0 Å². The maximum absolute atomic E-state index is 12.5. The zero-order valence-corrected chi connectivity index (χ0v) is 14.5. The Kier molecular flexibility index (Phi) is 5.03. The molecular weight excluding hydrogens is 316 g/mol. The molecule has 130 valence electrons. The first kappa shape index (κ1) is 17.0. The first-order valence-corrected chi connectivity index (χ1v) is 8.52. The van der Waals surface area contributed by atoms with Gasteiger partial charge in [-0.1, -0.05) is 12.1 Å². The molecule has 1 N–H and O–H groups in total. The number of carbonyl (C=O) groups excluding carboxylic acids is 2. The summed E-state index contributed by atoms with van der Waals surface area (Å²) < 4.78 is 5.72. The number of amides is 2. The lowest BCUT2D eigenvalue weighted by Crippen LogP contribution is -2.23. The molecule has 0 radical (unpaired) electrons. The first-order valence-electron chi connectivity index (χ1n) is 8.52. The second-order valence-corrected chi connectivity index (χ2v) is 6.31. The van der Waals surface area contributed by atoms with E-state index in [-0.39, 0.29) is 17.9 Å². The van der Waals surface area contributed by atoms with Gasteiger partial charge in [-0.05, 0) is 56.7 Å². The highest BCUT2D eigenvalue weighted by Crippen LogP contribution is 2.26. The molecule has 2 aromatic carbocycles. The maximum Gasteiger partial charge on any atom is 0.255 e. The van der Waals surface area contributed by atoms with Gasteiger partial charge >= 0.3 is 0 Å². The van der Waals surface area contributed by atoms with Crippen LogP contribution in [0.3, 0.4) is 0 Å². The molecule has 1 heterocycles. The third-order valence-electron chi connectivity index (χ3n) is 4.01. The lowest BCUT2D eigenvalue weighted by atomic mass is 10.1. The van der Waals surface area contributed by atoms with Crippen LogP contribution in [-0.2, 0) is 4.79 Å². The van der Waals surface area contributed by atoms with Crippen LogP contribution in [0.2, 0.25) is 0 Å². The molecule has 5 heteroatoms. The average Bonchev–Trinajstić information content (AvgIpc) is 3.02. The highest BCUT2D eigenvalue weighted by molar-refractivity contribution is 6.05. The molecule has 2 aromatic rings. The summed E-state index contributed by atoms with van der Waals surface area (Å²) in [6.07, 6.45) is 1.50. The molecule has 0 bridgehead atoms. The second kappa shape index (κ2) is 7.38. The Morgan fingerprint density at radius 2 is 1.84 bits per heavy atom. The van der Waals surface area contributed by atoms with Crippen LogP contribution < -0.4 is 15.0 Å². The summed E-state index contributed by atoms with van der Waals surface area (Å²) in [7, 11) is 0. The number of ether oxygens (including phenoxy) is 1. The van der Waals surface area contributed by atoms with Crippen LogP contribution >= 0.6 is 0 Å². The number of hydrogen-bond donors (Lipinski definition) is 1. The molecule has 1 aliphatic rings. The molecule has 25 heavy (non-hydrogen) atoms. The van der Waals surface area contributed by atoms with E-state index in [1.54, 1.807) is 17.0 Å².